The van der Waals surface area contributed by atoms with Gasteiger partial charge in [0.15, 0.2) is 0 Å². The van der Waals surface area contributed by atoms with E-state index in [1.165, 1.54) is 11.1 Å². The minimum Gasteiger partial charge on any atom is -0.497 e. The zero-order valence-electron chi connectivity index (χ0n) is 15.9. The average Bonchev–Trinajstić information content (AvgIpc) is 3.14. The first kappa shape index (κ1) is 19.7. The van der Waals surface area contributed by atoms with Crippen LogP contribution in [0.4, 0.5) is 0 Å². The monoisotopic (exact) mass is 465 g/mol. The van der Waals surface area contributed by atoms with Crippen LogP contribution >= 0.6 is 26.1 Å². The number of nitrogens with one attached hydrogen (secondary N) is 1. The molecule has 2 heterocycles. The van der Waals surface area contributed by atoms with Crippen LogP contribution in [0, 0.1) is 11.3 Å². The topological polar surface area (TPSA) is 57.9 Å². The van der Waals surface area contributed by atoms with Crippen molar-refractivity contribution in [2.24, 2.45) is 0 Å². The highest BCUT2D eigenvalue weighted by molar-refractivity contribution is 9.10. The predicted molar refractivity (Wildman–Crippen MR) is 122 cm³/mol. The van der Waals surface area contributed by atoms with Crippen molar-refractivity contribution in [2.45, 2.75) is 17.2 Å². The molecule has 4 rings (SSSR count). The first-order valence-electron chi connectivity index (χ1n) is 9.14. The lowest BCUT2D eigenvalue weighted by molar-refractivity contribution is 0.414. The van der Waals surface area contributed by atoms with E-state index in [0.29, 0.717) is 12.2 Å². The lowest BCUT2D eigenvalue weighted by atomic mass is 10.2. The lowest BCUT2D eigenvalue weighted by Crippen LogP contribution is -2.21. The fraction of sp³-hybridized carbons (Fsp3) is 0.130. The lowest BCUT2D eigenvalue weighted by Gasteiger charge is -2.37. The number of hydrogen-bond acceptors (Lipinski definition) is 4. The van der Waals surface area contributed by atoms with Gasteiger partial charge in [-0.1, -0.05) is 42.5 Å². The Labute approximate surface area is 180 Å². The van der Waals surface area contributed by atoms with Crippen molar-refractivity contribution < 1.29 is 4.74 Å². The van der Waals surface area contributed by atoms with Gasteiger partial charge in [-0.3, -0.25) is 4.72 Å². The van der Waals surface area contributed by atoms with Crippen LogP contribution in [-0.4, -0.2) is 12.1 Å². The second-order valence-corrected chi connectivity index (χ2v) is 10.4. The van der Waals surface area contributed by atoms with E-state index in [0.717, 1.165) is 26.4 Å². The number of halogens is 1. The minimum absolute atomic E-state index is 0.466. The molecule has 4 nitrogen and oxygen atoms in total. The van der Waals surface area contributed by atoms with Gasteiger partial charge in [0.05, 0.1) is 11.6 Å². The van der Waals surface area contributed by atoms with E-state index >= 15 is 0 Å². The molecule has 0 amide bonds. The Hall–Kier alpha value is -2.59. The van der Waals surface area contributed by atoms with Crippen LogP contribution in [0.3, 0.4) is 0 Å². The summed E-state index contributed by atoms with van der Waals surface area (Å²) in [4.78, 5) is 5.43. The summed E-state index contributed by atoms with van der Waals surface area (Å²) in [5.41, 5.74) is 3.81. The average molecular weight is 466 g/mol. The zero-order chi connectivity index (χ0) is 20.3. The van der Waals surface area contributed by atoms with Gasteiger partial charge in [0.1, 0.15) is 17.5 Å². The summed E-state index contributed by atoms with van der Waals surface area (Å²) in [7, 11) is 0.121. The van der Waals surface area contributed by atoms with Crippen molar-refractivity contribution in [1.29, 1.82) is 5.26 Å². The number of pyridine rings is 1. The summed E-state index contributed by atoms with van der Waals surface area (Å²) in [6, 6.07) is 20.8. The van der Waals surface area contributed by atoms with E-state index in [1.807, 2.05) is 24.3 Å². The second kappa shape index (κ2) is 8.42. The van der Waals surface area contributed by atoms with Crippen molar-refractivity contribution in [1.82, 2.24) is 9.71 Å². The van der Waals surface area contributed by atoms with Gasteiger partial charge in [-0.2, -0.15) is 5.26 Å². The summed E-state index contributed by atoms with van der Waals surface area (Å²) in [6.45, 7) is 0.715. The third kappa shape index (κ3) is 3.95. The highest BCUT2D eigenvalue weighted by Gasteiger charge is 2.34. The van der Waals surface area contributed by atoms with Crippen LogP contribution in [0.15, 0.2) is 75.6 Å². The Bertz CT molecular complexity index is 1090. The van der Waals surface area contributed by atoms with Crippen LogP contribution in [-0.2, 0) is 12.3 Å². The van der Waals surface area contributed by atoms with Gasteiger partial charge in [0.25, 0.3) is 0 Å². The SMILES string of the molecule is COc1ccc(CNS2(Cc3ccccc3)C=Cc3c(C#N)ncc(Br)c32)cc1. The number of rotatable bonds is 6. The molecule has 6 heteroatoms. The zero-order valence-corrected chi connectivity index (χ0v) is 18.3. The molecule has 1 aromatic heterocycles. The molecule has 0 spiro atoms. The maximum atomic E-state index is 9.53. The summed E-state index contributed by atoms with van der Waals surface area (Å²) >= 11 is 3.70. The first-order valence-corrected chi connectivity index (χ1v) is 11.8. The standard InChI is InChI=1S/C23H20BrN3OS/c1-28-19-9-7-17(8-10-19)14-27-29(16-18-5-3-2-4-6-18)12-11-20-22(13-25)26-15-21(24)23(20)29/h2-12,15,27H,14,16H2,1H3. The van der Waals surface area contributed by atoms with Gasteiger partial charge < -0.3 is 4.74 Å². The van der Waals surface area contributed by atoms with Gasteiger partial charge in [-0.25, -0.2) is 4.98 Å². The number of benzene rings is 2. The molecular formula is C23H20BrN3OS. The Morgan fingerprint density at radius 1 is 1.10 bits per heavy atom. The molecule has 2 aromatic carbocycles. The molecular weight excluding hydrogens is 446 g/mol. The van der Waals surface area contributed by atoms with Crippen molar-refractivity contribution in [3.05, 3.63) is 93.1 Å². The predicted octanol–water partition coefficient (Wildman–Crippen LogP) is 5.78. The van der Waals surface area contributed by atoms with Crippen molar-refractivity contribution in [3.8, 4) is 11.8 Å². The van der Waals surface area contributed by atoms with Crippen LogP contribution in [0.5, 0.6) is 5.75 Å². The third-order valence-electron chi connectivity index (χ3n) is 4.89. The fourth-order valence-electron chi connectivity index (χ4n) is 3.44. The van der Waals surface area contributed by atoms with E-state index in [9.17, 15) is 5.26 Å². The smallest absolute Gasteiger partial charge is 0.148 e. The number of nitrogens with zero attached hydrogens (tertiary/aromatic N) is 2. The molecule has 0 bridgehead atoms. The summed E-state index contributed by atoms with van der Waals surface area (Å²) < 4.78 is 10.0. The fourth-order valence-corrected chi connectivity index (χ4v) is 7.81. The number of hydrogen-bond donors (Lipinski definition) is 1. The number of methoxy groups -OCH3 is 1. The van der Waals surface area contributed by atoms with Crippen LogP contribution in [0.2, 0.25) is 0 Å². The highest BCUT2D eigenvalue weighted by atomic mass is 79.9. The molecule has 1 unspecified atom stereocenters. The molecule has 3 aromatic rings. The molecule has 0 aliphatic carbocycles. The van der Waals surface area contributed by atoms with Crippen molar-refractivity contribution in [2.75, 3.05) is 7.11 Å². The third-order valence-corrected chi connectivity index (χ3v) is 8.97. The molecule has 0 saturated carbocycles. The molecule has 29 heavy (non-hydrogen) atoms. The van der Waals surface area contributed by atoms with Crippen molar-refractivity contribution in [3.63, 3.8) is 0 Å². The van der Waals surface area contributed by atoms with Crippen LogP contribution in [0.25, 0.3) is 6.08 Å². The van der Waals surface area contributed by atoms with E-state index in [2.05, 4.69) is 73.5 Å². The number of aromatic nitrogens is 1. The molecule has 1 aliphatic rings. The van der Waals surface area contributed by atoms with Gasteiger partial charge in [0, 0.05) is 29.0 Å². The van der Waals surface area contributed by atoms with Crippen molar-refractivity contribution >= 4 is 32.2 Å². The van der Waals surface area contributed by atoms with Gasteiger partial charge in [-0.05, 0) is 50.7 Å². The highest BCUT2D eigenvalue weighted by Crippen LogP contribution is 2.64. The molecule has 1 aliphatic heterocycles. The Morgan fingerprint density at radius 2 is 1.86 bits per heavy atom. The molecule has 0 saturated heterocycles. The van der Waals surface area contributed by atoms with E-state index < -0.39 is 10.2 Å². The van der Waals surface area contributed by atoms with E-state index in [-0.39, 0.29) is 0 Å². The summed E-state index contributed by atoms with van der Waals surface area (Å²) in [5.74, 6) is 1.69. The molecule has 0 fully saturated rings. The maximum absolute atomic E-state index is 9.53. The minimum atomic E-state index is -1.55. The van der Waals surface area contributed by atoms with Gasteiger partial charge in [0.2, 0.25) is 0 Å². The number of nitriles is 1. The Balaban J connectivity index is 1.72. The van der Waals surface area contributed by atoms with Gasteiger partial charge >= 0.3 is 0 Å². The molecule has 0 radical (unpaired) electrons. The van der Waals surface area contributed by atoms with E-state index in [4.69, 9.17) is 4.74 Å². The molecule has 1 N–H and O–H groups in total. The Morgan fingerprint density at radius 3 is 2.55 bits per heavy atom. The quantitative estimate of drug-likeness (QED) is 0.501. The number of fused-ring (bicyclic) bond motifs is 1. The largest absolute Gasteiger partial charge is 0.497 e. The molecule has 1 atom stereocenters. The summed E-state index contributed by atoms with van der Waals surface area (Å²) in [5, 5.41) is 11.8. The second-order valence-electron chi connectivity index (χ2n) is 6.70. The summed E-state index contributed by atoms with van der Waals surface area (Å²) in [6.07, 6.45) is 3.79. The number of ether oxygens (including phenoxy) is 1. The van der Waals surface area contributed by atoms with Crippen LogP contribution < -0.4 is 9.46 Å². The van der Waals surface area contributed by atoms with Gasteiger partial charge in [-0.15, -0.1) is 10.2 Å². The first-order chi connectivity index (χ1) is 14.1. The van der Waals surface area contributed by atoms with E-state index in [1.54, 1.807) is 13.3 Å². The Kier molecular flexibility index (Phi) is 5.72. The normalized spacial score (nSPS) is 19.2. The molecule has 146 valence electrons. The van der Waals surface area contributed by atoms with Crippen LogP contribution in [0.1, 0.15) is 22.4 Å². The maximum Gasteiger partial charge on any atom is 0.148 e.